The van der Waals surface area contributed by atoms with Gasteiger partial charge in [-0.1, -0.05) is 37.3 Å². The van der Waals surface area contributed by atoms with Gasteiger partial charge >= 0.3 is 0 Å². The molecule has 0 bridgehead atoms. The van der Waals surface area contributed by atoms with Gasteiger partial charge in [0.1, 0.15) is 5.82 Å². The van der Waals surface area contributed by atoms with Crippen LogP contribution in [0.2, 0.25) is 0 Å². The number of aryl methyl sites for hydroxylation is 1. The van der Waals surface area contributed by atoms with Crippen LogP contribution in [0.25, 0.3) is 11.0 Å². The maximum absolute atomic E-state index is 13.4. The lowest BCUT2D eigenvalue weighted by Gasteiger charge is -2.13. The van der Waals surface area contributed by atoms with E-state index in [1.165, 1.54) is 17.7 Å². The molecule has 2 N–H and O–H groups in total. The lowest BCUT2D eigenvalue weighted by molar-refractivity contribution is 0.588. The number of imidazole rings is 1. The number of hydrogen-bond acceptors (Lipinski definition) is 2. The molecule has 0 saturated heterocycles. The molecule has 0 aliphatic rings. The van der Waals surface area contributed by atoms with Crippen LogP contribution in [0.3, 0.4) is 0 Å². The molecule has 0 spiro atoms. The number of aromatic nitrogens is 2. The molecule has 0 amide bonds. The van der Waals surface area contributed by atoms with E-state index < -0.39 is 0 Å². The Bertz CT molecular complexity index is 749. The van der Waals surface area contributed by atoms with Crippen molar-refractivity contribution in [3.63, 3.8) is 0 Å². The fourth-order valence-electron chi connectivity index (χ4n) is 2.62. The summed E-state index contributed by atoms with van der Waals surface area (Å²) in [6, 6.07) is 14.9. The summed E-state index contributed by atoms with van der Waals surface area (Å²) in [5.41, 5.74) is 8.75. The Hall–Kier alpha value is -2.36. The molecule has 1 heterocycles. The predicted molar refractivity (Wildman–Crippen MR) is 83.6 cm³/mol. The van der Waals surface area contributed by atoms with Crippen molar-refractivity contribution in [3.8, 4) is 0 Å². The first-order chi connectivity index (χ1) is 10.1. The highest BCUT2D eigenvalue weighted by Gasteiger charge is 2.11. The predicted octanol–water partition coefficient (Wildman–Crippen LogP) is 3.95. The molecule has 1 atom stereocenters. The average molecular weight is 283 g/mol. The minimum atomic E-state index is -0.264. The first-order valence-corrected chi connectivity index (χ1v) is 7.11. The number of halogens is 1. The lowest BCUT2D eigenvalue weighted by atomic mass is 9.98. The molecular formula is C17H18FN3. The van der Waals surface area contributed by atoms with E-state index in [-0.39, 0.29) is 5.82 Å². The zero-order valence-corrected chi connectivity index (χ0v) is 12.0. The number of hydrogen-bond donors (Lipinski definition) is 1. The third-order valence-corrected chi connectivity index (χ3v) is 3.89. The van der Waals surface area contributed by atoms with Crippen LogP contribution in [0.15, 0.2) is 48.5 Å². The maximum atomic E-state index is 13.4. The van der Waals surface area contributed by atoms with Gasteiger partial charge in [-0.05, 0) is 36.1 Å². The van der Waals surface area contributed by atoms with Crippen molar-refractivity contribution >= 4 is 17.0 Å². The van der Waals surface area contributed by atoms with Crippen molar-refractivity contribution in [1.82, 2.24) is 9.55 Å². The van der Waals surface area contributed by atoms with Gasteiger partial charge in [0.2, 0.25) is 5.95 Å². The molecule has 3 rings (SSSR count). The summed E-state index contributed by atoms with van der Waals surface area (Å²) >= 11 is 0. The molecule has 0 saturated carbocycles. The molecule has 3 aromatic rings. The molecular weight excluding hydrogens is 265 g/mol. The fourth-order valence-corrected chi connectivity index (χ4v) is 2.62. The van der Waals surface area contributed by atoms with Crippen LogP contribution in [0.4, 0.5) is 10.3 Å². The van der Waals surface area contributed by atoms with Gasteiger partial charge < -0.3 is 10.3 Å². The van der Waals surface area contributed by atoms with Crippen LogP contribution in [-0.2, 0) is 6.54 Å². The molecule has 4 heteroatoms. The van der Waals surface area contributed by atoms with Crippen LogP contribution < -0.4 is 5.73 Å². The van der Waals surface area contributed by atoms with Crippen LogP contribution in [0, 0.1) is 5.82 Å². The van der Waals surface area contributed by atoms with E-state index in [2.05, 4.69) is 24.0 Å². The Morgan fingerprint density at radius 1 is 1.19 bits per heavy atom. The van der Waals surface area contributed by atoms with Gasteiger partial charge in [0.25, 0.3) is 0 Å². The Labute approximate surface area is 123 Å². The summed E-state index contributed by atoms with van der Waals surface area (Å²) in [7, 11) is 0. The highest BCUT2D eigenvalue weighted by molar-refractivity contribution is 5.78. The van der Waals surface area contributed by atoms with E-state index in [1.54, 1.807) is 6.07 Å². The minimum Gasteiger partial charge on any atom is -0.369 e. The zero-order valence-electron chi connectivity index (χ0n) is 12.0. The van der Waals surface area contributed by atoms with Gasteiger partial charge in [-0.2, -0.15) is 0 Å². The summed E-state index contributed by atoms with van der Waals surface area (Å²) in [4.78, 5) is 4.28. The summed E-state index contributed by atoms with van der Waals surface area (Å²) in [5.74, 6) is 0.590. The van der Waals surface area contributed by atoms with Gasteiger partial charge in [-0.25, -0.2) is 9.37 Å². The van der Waals surface area contributed by atoms with E-state index in [0.717, 1.165) is 24.0 Å². The summed E-state index contributed by atoms with van der Waals surface area (Å²) in [6.45, 7) is 2.91. The highest BCUT2D eigenvalue weighted by Crippen LogP contribution is 2.23. The molecule has 0 aliphatic heterocycles. The quantitative estimate of drug-likeness (QED) is 0.788. The fraction of sp³-hybridized carbons (Fsp3) is 0.235. The molecule has 2 aromatic carbocycles. The second-order valence-electron chi connectivity index (χ2n) is 5.36. The summed E-state index contributed by atoms with van der Waals surface area (Å²) in [5, 5.41) is 0. The number of nitrogens with two attached hydrogens (primary N) is 1. The first kappa shape index (κ1) is 13.6. The van der Waals surface area contributed by atoms with Gasteiger partial charge in [0.05, 0.1) is 11.0 Å². The number of nitrogens with zero attached hydrogens (tertiary/aromatic N) is 2. The van der Waals surface area contributed by atoms with Crippen molar-refractivity contribution in [3.05, 3.63) is 59.9 Å². The van der Waals surface area contributed by atoms with E-state index in [1.807, 2.05) is 22.8 Å². The topological polar surface area (TPSA) is 43.8 Å². The molecule has 0 aliphatic carbocycles. The highest BCUT2D eigenvalue weighted by atomic mass is 19.1. The summed E-state index contributed by atoms with van der Waals surface area (Å²) in [6.07, 6.45) is 0.927. The Morgan fingerprint density at radius 3 is 2.71 bits per heavy atom. The van der Waals surface area contributed by atoms with Crippen LogP contribution in [-0.4, -0.2) is 9.55 Å². The van der Waals surface area contributed by atoms with E-state index in [9.17, 15) is 4.39 Å². The zero-order chi connectivity index (χ0) is 14.8. The number of benzene rings is 2. The maximum Gasteiger partial charge on any atom is 0.201 e. The van der Waals surface area contributed by atoms with Crippen molar-refractivity contribution in [2.24, 2.45) is 0 Å². The number of fused-ring (bicyclic) bond motifs is 1. The monoisotopic (exact) mass is 283 g/mol. The van der Waals surface area contributed by atoms with Crippen LogP contribution in [0.1, 0.15) is 24.8 Å². The molecule has 3 nitrogen and oxygen atoms in total. The molecule has 0 radical (unpaired) electrons. The normalized spacial score (nSPS) is 12.7. The number of nitrogen functional groups attached to an aromatic ring is 1. The van der Waals surface area contributed by atoms with Gasteiger partial charge in [0.15, 0.2) is 0 Å². The van der Waals surface area contributed by atoms with Crippen molar-refractivity contribution in [2.75, 3.05) is 5.73 Å². The number of rotatable bonds is 4. The smallest absolute Gasteiger partial charge is 0.201 e. The van der Waals surface area contributed by atoms with Crippen molar-refractivity contribution < 1.29 is 4.39 Å². The molecule has 1 aromatic heterocycles. The number of anilines is 1. The Kier molecular flexibility index (Phi) is 3.60. The summed E-state index contributed by atoms with van der Waals surface area (Å²) < 4.78 is 15.3. The van der Waals surface area contributed by atoms with Crippen LogP contribution >= 0.6 is 0 Å². The third-order valence-electron chi connectivity index (χ3n) is 3.89. The Balaban J connectivity index is 1.82. The van der Waals surface area contributed by atoms with Gasteiger partial charge in [-0.15, -0.1) is 0 Å². The molecule has 108 valence electrons. The Morgan fingerprint density at radius 2 is 1.95 bits per heavy atom. The molecule has 0 fully saturated rings. The van der Waals surface area contributed by atoms with E-state index >= 15 is 0 Å². The second-order valence-corrected chi connectivity index (χ2v) is 5.36. The van der Waals surface area contributed by atoms with E-state index in [4.69, 9.17) is 5.73 Å². The molecule has 21 heavy (non-hydrogen) atoms. The standard InChI is InChI=1S/C17H18FN3/c1-12(13-5-3-2-4-6-13)9-10-21-16-11-14(18)7-8-15(16)20-17(21)19/h2-8,11-12H,9-10H2,1H3,(H2,19,20). The second kappa shape index (κ2) is 5.56. The average Bonchev–Trinajstić information content (AvgIpc) is 2.80. The SMILES string of the molecule is CC(CCn1c(N)nc2ccc(F)cc21)c1ccccc1. The third kappa shape index (κ3) is 2.75. The van der Waals surface area contributed by atoms with Crippen molar-refractivity contribution in [2.45, 2.75) is 25.8 Å². The van der Waals surface area contributed by atoms with Crippen molar-refractivity contribution in [1.29, 1.82) is 0 Å². The first-order valence-electron chi connectivity index (χ1n) is 7.11. The lowest BCUT2D eigenvalue weighted by Crippen LogP contribution is -2.06. The minimum absolute atomic E-state index is 0.264. The van der Waals surface area contributed by atoms with E-state index in [0.29, 0.717) is 11.9 Å². The largest absolute Gasteiger partial charge is 0.369 e. The molecule has 1 unspecified atom stereocenters. The van der Waals surface area contributed by atoms with Gasteiger partial charge in [0, 0.05) is 6.54 Å². The van der Waals surface area contributed by atoms with Crippen LogP contribution in [0.5, 0.6) is 0 Å². The van der Waals surface area contributed by atoms with Gasteiger partial charge in [-0.3, -0.25) is 0 Å².